The Labute approximate surface area is 98.7 Å². The number of fused-ring (bicyclic) bond motifs is 1. The zero-order chi connectivity index (χ0) is 11.7. The first-order chi connectivity index (χ1) is 8.33. The minimum atomic E-state index is -0.253. The number of allylic oxidation sites excluding steroid dienone is 1. The molecule has 1 aromatic carbocycles. The number of hydrogen-bond acceptors (Lipinski definition) is 3. The van der Waals surface area contributed by atoms with Gasteiger partial charge in [-0.2, -0.15) is 0 Å². The van der Waals surface area contributed by atoms with Gasteiger partial charge in [0.15, 0.2) is 5.78 Å². The van der Waals surface area contributed by atoms with Crippen molar-refractivity contribution in [2.24, 2.45) is 0 Å². The van der Waals surface area contributed by atoms with Crippen molar-refractivity contribution in [3.8, 4) is 0 Å². The van der Waals surface area contributed by atoms with Crippen LogP contribution in [0.2, 0.25) is 0 Å². The molecule has 3 rings (SSSR count). The third-order valence-corrected chi connectivity index (χ3v) is 2.83. The molecule has 2 aromatic rings. The molecule has 1 aliphatic heterocycles. The summed E-state index contributed by atoms with van der Waals surface area (Å²) in [4.78, 5) is 15.8. The maximum absolute atomic E-state index is 11.3. The van der Waals surface area contributed by atoms with Crippen LogP contribution >= 0.6 is 0 Å². The van der Waals surface area contributed by atoms with Gasteiger partial charge in [-0.25, -0.2) is 4.98 Å². The summed E-state index contributed by atoms with van der Waals surface area (Å²) in [5, 5.41) is 1.09. The third kappa shape index (κ3) is 1.91. The van der Waals surface area contributed by atoms with Crippen molar-refractivity contribution in [2.75, 3.05) is 0 Å². The first kappa shape index (κ1) is 10.0. The van der Waals surface area contributed by atoms with Gasteiger partial charge >= 0.3 is 0 Å². The van der Waals surface area contributed by atoms with E-state index in [2.05, 4.69) is 4.98 Å². The standard InChI is InChI=1S/C14H11NO2/c16-11-7-8-17-14(9-11)13-6-5-10-3-1-2-4-12(10)15-13/h1-8,14H,9H2. The lowest BCUT2D eigenvalue weighted by molar-refractivity contribution is -0.118. The Hall–Kier alpha value is -2.16. The summed E-state index contributed by atoms with van der Waals surface area (Å²) >= 11 is 0. The van der Waals surface area contributed by atoms with Crippen LogP contribution in [0, 0.1) is 0 Å². The number of para-hydroxylation sites is 1. The van der Waals surface area contributed by atoms with E-state index in [1.165, 1.54) is 12.3 Å². The van der Waals surface area contributed by atoms with Crippen LogP contribution in [0.4, 0.5) is 0 Å². The Balaban J connectivity index is 2.00. The van der Waals surface area contributed by atoms with Crippen LogP contribution in [-0.2, 0) is 9.53 Å². The first-order valence-corrected chi connectivity index (χ1v) is 5.53. The van der Waals surface area contributed by atoms with E-state index >= 15 is 0 Å². The van der Waals surface area contributed by atoms with Gasteiger partial charge in [-0.15, -0.1) is 0 Å². The van der Waals surface area contributed by atoms with Gasteiger partial charge in [0.2, 0.25) is 0 Å². The number of hydrogen-bond donors (Lipinski definition) is 0. The summed E-state index contributed by atoms with van der Waals surface area (Å²) in [5.74, 6) is 0.0798. The Kier molecular flexibility index (Phi) is 2.37. The number of aromatic nitrogens is 1. The predicted molar refractivity (Wildman–Crippen MR) is 64.3 cm³/mol. The number of carbonyl (C=O) groups excluding carboxylic acids is 1. The smallest absolute Gasteiger partial charge is 0.162 e. The number of nitrogens with zero attached hydrogens (tertiary/aromatic N) is 1. The summed E-state index contributed by atoms with van der Waals surface area (Å²) in [6.45, 7) is 0. The number of ether oxygens (including phenoxy) is 1. The minimum absolute atomic E-state index is 0.0798. The fourth-order valence-corrected chi connectivity index (χ4v) is 1.94. The van der Waals surface area contributed by atoms with E-state index < -0.39 is 0 Å². The van der Waals surface area contributed by atoms with E-state index in [9.17, 15) is 4.79 Å². The molecule has 1 unspecified atom stereocenters. The Morgan fingerprint density at radius 2 is 2.06 bits per heavy atom. The molecule has 1 atom stereocenters. The number of rotatable bonds is 1. The SMILES string of the molecule is O=C1C=COC(c2ccc3ccccc3n2)C1. The van der Waals surface area contributed by atoms with E-state index in [1.54, 1.807) is 0 Å². The second kappa shape index (κ2) is 4.01. The monoisotopic (exact) mass is 225 g/mol. The molecule has 1 aromatic heterocycles. The van der Waals surface area contributed by atoms with Crippen LogP contribution in [0.5, 0.6) is 0 Å². The average molecular weight is 225 g/mol. The molecule has 0 N–H and O–H groups in total. The van der Waals surface area contributed by atoms with Crippen molar-refractivity contribution in [3.05, 3.63) is 54.4 Å². The summed E-state index contributed by atoms with van der Waals surface area (Å²) in [6, 6.07) is 11.8. The lowest BCUT2D eigenvalue weighted by atomic mass is 10.1. The quantitative estimate of drug-likeness (QED) is 0.749. The number of carbonyl (C=O) groups is 1. The highest BCUT2D eigenvalue weighted by Gasteiger charge is 2.19. The van der Waals surface area contributed by atoms with Crippen LogP contribution in [0.3, 0.4) is 0 Å². The van der Waals surface area contributed by atoms with Gasteiger partial charge in [-0.05, 0) is 12.1 Å². The average Bonchev–Trinajstić information content (AvgIpc) is 2.38. The third-order valence-electron chi connectivity index (χ3n) is 2.83. The fourth-order valence-electron chi connectivity index (χ4n) is 1.94. The fraction of sp³-hybridized carbons (Fsp3) is 0.143. The predicted octanol–water partition coefficient (Wildman–Crippen LogP) is 2.78. The molecule has 0 saturated carbocycles. The zero-order valence-corrected chi connectivity index (χ0v) is 9.17. The van der Waals surface area contributed by atoms with Gasteiger partial charge in [0, 0.05) is 11.5 Å². The Bertz CT molecular complexity index is 604. The van der Waals surface area contributed by atoms with Gasteiger partial charge in [-0.3, -0.25) is 4.79 Å². The molecule has 1 aliphatic rings. The summed E-state index contributed by atoms with van der Waals surface area (Å²) in [6.07, 6.45) is 3.02. The van der Waals surface area contributed by atoms with Gasteiger partial charge in [0.1, 0.15) is 6.10 Å². The highest BCUT2D eigenvalue weighted by atomic mass is 16.5. The molecule has 17 heavy (non-hydrogen) atoms. The molecular weight excluding hydrogens is 214 g/mol. The van der Waals surface area contributed by atoms with Gasteiger partial charge in [0.05, 0.1) is 23.9 Å². The van der Waals surface area contributed by atoms with Crippen LogP contribution < -0.4 is 0 Å². The second-order valence-electron chi connectivity index (χ2n) is 4.03. The van der Waals surface area contributed by atoms with Crippen molar-refractivity contribution >= 4 is 16.7 Å². The van der Waals surface area contributed by atoms with Gasteiger partial charge in [-0.1, -0.05) is 24.3 Å². The molecule has 0 aliphatic carbocycles. The molecule has 3 heteroatoms. The normalized spacial score (nSPS) is 19.3. The zero-order valence-electron chi connectivity index (χ0n) is 9.17. The van der Waals surface area contributed by atoms with Crippen molar-refractivity contribution in [3.63, 3.8) is 0 Å². The van der Waals surface area contributed by atoms with Crippen LogP contribution in [0.1, 0.15) is 18.2 Å². The van der Waals surface area contributed by atoms with E-state index in [1.807, 2.05) is 36.4 Å². The lowest BCUT2D eigenvalue weighted by Crippen LogP contribution is -2.12. The van der Waals surface area contributed by atoms with Gasteiger partial charge in [0.25, 0.3) is 0 Å². The molecule has 0 amide bonds. The van der Waals surface area contributed by atoms with E-state index in [0.29, 0.717) is 6.42 Å². The Morgan fingerprint density at radius 1 is 1.18 bits per heavy atom. The molecule has 0 bridgehead atoms. The van der Waals surface area contributed by atoms with Gasteiger partial charge < -0.3 is 4.74 Å². The van der Waals surface area contributed by atoms with Crippen LogP contribution in [0.25, 0.3) is 10.9 Å². The summed E-state index contributed by atoms with van der Waals surface area (Å²) < 4.78 is 5.42. The summed E-state index contributed by atoms with van der Waals surface area (Å²) in [5.41, 5.74) is 1.73. The maximum Gasteiger partial charge on any atom is 0.162 e. The highest BCUT2D eigenvalue weighted by Crippen LogP contribution is 2.25. The number of pyridine rings is 1. The van der Waals surface area contributed by atoms with E-state index in [0.717, 1.165) is 16.6 Å². The van der Waals surface area contributed by atoms with E-state index in [-0.39, 0.29) is 11.9 Å². The molecule has 0 fully saturated rings. The summed E-state index contributed by atoms with van der Waals surface area (Å²) in [7, 11) is 0. The lowest BCUT2D eigenvalue weighted by Gasteiger charge is -2.18. The van der Waals surface area contributed by atoms with Crippen molar-refractivity contribution in [1.82, 2.24) is 4.98 Å². The molecule has 3 nitrogen and oxygen atoms in total. The van der Waals surface area contributed by atoms with Crippen molar-refractivity contribution < 1.29 is 9.53 Å². The minimum Gasteiger partial charge on any atom is -0.491 e. The number of benzene rings is 1. The van der Waals surface area contributed by atoms with Crippen LogP contribution in [0.15, 0.2) is 48.7 Å². The van der Waals surface area contributed by atoms with Crippen molar-refractivity contribution in [1.29, 1.82) is 0 Å². The Morgan fingerprint density at radius 3 is 2.94 bits per heavy atom. The molecule has 0 radical (unpaired) electrons. The molecular formula is C14H11NO2. The largest absolute Gasteiger partial charge is 0.491 e. The molecule has 0 spiro atoms. The molecule has 0 saturated heterocycles. The second-order valence-corrected chi connectivity index (χ2v) is 4.03. The molecule has 2 heterocycles. The van der Waals surface area contributed by atoms with Crippen molar-refractivity contribution in [2.45, 2.75) is 12.5 Å². The maximum atomic E-state index is 11.3. The van der Waals surface area contributed by atoms with E-state index in [4.69, 9.17) is 4.74 Å². The molecule has 84 valence electrons. The number of ketones is 1. The first-order valence-electron chi connectivity index (χ1n) is 5.53. The van der Waals surface area contributed by atoms with Crippen LogP contribution in [-0.4, -0.2) is 10.8 Å². The topological polar surface area (TPSA) is 39.2 Å². The highest BCUT2D eigenvalue weighted by molar-refractivity contribution is 5.90.